The fourth-order valence-corrected chi connectivity index (χ4v) is 15.3. The Balaban J connectivity index is 1.03. The monoisotopic (exact) mass is 1190 g/mol. The van der Waals surface area contributed by atoms with E-state index in [2.05, 4.69) is 265 Å². The average Bonchev–Trinajstić information content (AvgIpc) is 4.02. The molecule has 8 aromatic rings. The Morgan fingerprint density at radius 2 is 0.625 bits per heavy atom. The molecule has 0 fully saturated rings. The van der Waals surface area contributed by atoms with Crippen molar-refractivity contribution in [1.29, 1.82) is 0 Å². The van der Waals surface area contributed by atoms with Gasteiger partial charge in [-0.15, -0.1) is 0 Å². The molecule has 0 saturated heterocycles. The van der Waals surface area contributed by atoms with Crippen LogP contribution < -0.4 is 0 Å². The van der Waals surface area contributed by atoms with Crippen LogP contribution in [0, 0.1) is 25.7 Å². The molecule has 0 nitrogen and oxygen atoms in total. The number of fused-ring (bicyclic) bond motifs is 12. The van der Waals surface area contributed by atoms with Crippen molar-refractivity contribution in [2.45, 2.75) is 116 Å². The first-order chi connectivity index (χ1) is 34.4. The topological polar surface area (TPSA) is 0 Å². The highest BCUT2D eigenvalue weighted by Gasteiger charge is 2.43. The summed E-state index contributed by atoms with van der Waals surface area (Å²) in [6.45, 7) is 18.6. The Kier molecular flexibility index (Phi) is 12.3. The molecule has 4 aliphatic carbocycles. The Morgan fingerprint density at radius 3 is 0.931 bits per heavy atom. The van der Waals surface area contributed by atoms with Gasteiger partial charge in [0.15, 0.2) is 0 Å². The summed E-state index contributed by atoms with van der Waals surface area (Å²) in [5.74, 6) is 1.72. The molecule has 0 amide bonds. The molecule has 0 aromatic heterocycles. The van der Waals surface area contributed by atoms with E-state index < -0.39 is 0 Å². The Labute approximate surface area is 462 Å². The zero-order valence-corrected chi connectivity index (χ0v) is 49.0. The fourth-order valence-electron chi connectivity index (χ4n) is 13.7. The van der Waals surface area contributed by atoms with Crippen LogP contribution in [0.5, 0.6) is 0 Å². The predicted molar refractivity (Wildman–Crippen MR) is 318 cm³/mol. The van der Waals surface area contributed by atoms with Gasteiger partial charge in [-0.25, -0.2) is 0 Å². The molecule has 72 heavy (non-hydrogen) atoms. The van der Waals surface area contributed by atoms with Crippen molar-refractivity contribution in [3.63, 3.8) is 0 Å². The van der Waals surface area contributed by atoms with Gasteiger partial charge in [0.05, 0.1) is 0 Å². The van der Waals surface area contributed by atoms with E-state index in [1.807, 2.05) is 0 Å². The van der Waals surface area contributed by atoms with E-state index in [0.29, 0.717) is 17.8 Å². The first-order valence-corrected chi connectivity index (χ1v) is 29.3. The van der Waals surface area contributed by atoms with Gasteiger partial charge in [-0.1, -0.05) is 213 Å². The Hall–Kier alpha value is -4.32. The van der Waals surface area contributed by atoms with E-state index in [9.17, 15) is 0 Å². The van der Waals surface area contributed by atoms with Crippen molar-refractivity contribution in [3.05, 3.63) is 230 Å². The second-order valence-electron chi connectivity index (χ2n) is 23.8. The number of benzene rings is 8. The molecule has 0 N–H and O–H groups in total. The van der Waals surface area contributed by atoms with Gasteiger partial charge in [-0.2, -0.15) is 0 Å². The fraction of sp³-hybridized carbons (Fsp3) is 0.294. The minimum atomic E-state index is 0.0468. The van der Waals surface area contributed by atoms with Gasteiger partial charge < -0.3 is 0 Å². The first kappa shape index (κ1) is 48.6. The number of rotatable bonds is 9. The summed E-state index contributed by atoms with van der Waals surface area (Å²) < 4.78 is 4.59. The van der Waals surface area contributed by atoms with Crippen LogP contribution in [-0.4, -0.2) is 0 Å². The Bertz CT molecular complexity index is 3290. The lowest BCUT2D eigenvalue weighted by Gasteiger charge is -2.34. The van der Waals surface area contributed by atoms with Crippen LogP contribution in [0.2, 0.25) is 0 Å². The summed E-state index contributed by atoms with van der Waals surface area (Å²) in [5.41, 5.74) is 28.5. The second-order valence-corrected chi connectivity index (χ2v) is 27.5. The molecule has 0 radical (unpaired) electrons. The minimum absolute atomic E-state index is 0.0468. The molecular weight excluding hydrogens is 1140 g/mol. The quantitative estimate of drug-likeness (QED) is 0.135. The third-order valence-electron chi connectivity index (χ3n) is 17.2. The molecule has 0 heterocycles. The van der Waals surface area contributed by atoms with Crippen LogP contribution in [0.4, 0.5) is 0 Å². The Morgan fingerprint density at radius 1 is 0.333 bits per heavy atom. The minimum Gasteiger partial charge on any atom is -0.0590 e. The van der Waals surface area contributed by atoms with Crippen LogP contribution in [0.15, 0.2) is 163 Å². The normalized spacial score (nSPS) is 15.7. The van der Waals surface area contributed by atoms with Crippen LogP contribution in [-0.2, 0) is 10.8 Å². The van der Waals surface area contributed by atoms with Gasteiger partial charge in [-0.05, 0) is 211 Å². The average molecular weight is 1200 g/mol. The molecule has 8 aromatic carbocycles. The number of hydrogen-bond donors (Lipinski definition) is 0. The highest BCUT2D eigenvalue weighted by molar-refractivity contribution is 9.11. The second kappa shape index (κ2) is 18.2. The van der Waals surface area contributed by atoms with Crippen LogP contribution in [0.3, 0.4) is 0 Å². The maximum absolute atomic E-state index is 3.99. The molecule has 0 spiro atoms. The summed E-state index contributed by atoms with van der Waals surface area (Å²) in [4.78, 5) is 0. The number of halogens is 4. The van der Waals surface area contributed by atoms with E-state index in [1.165, 1.54) is 111 Å². The van der Waals surface area contributed by atoms with Crippen LogP contribution in [0.1, 0.15) is 158 Å². The van der Waals surface area contributed by atoms with E-state index in [0.717, 1.165) is 43.6 Å². The highest BCUT2D eigenvalue weighted by Crippen LogP contribution is 2.60. The van der Waals surface area contributed by atoms with Gasteiger partial charge in [-0.3, -0.25) is 0 Å². The molecule has 362 valence electrons. The summed E-state index contributed by atoms with van der Waals surface area (Å²) >= 11 is 16.0. The van der Waals surface area contributed by atoms with Crippen molar-refractivity contribution in [1.82, 2.24) is 0 Å². The van der Waals surface area contributed by atoms with E-state index in [-0.39, 0.29) is 28.6 Å². The van der Waals surface area contributed by atoms with Gasteiger partial charge >= 0.3 is 0 Å². The van der Waals surface area contributed by atoms with Crippen LogP contribution >= 0.6 is 63.7 Å². The maximum atomic E-state index is 3.99. The predicted octanol–water partition coefficient (Wildman–Crippen LogP) is 21.3. The van der Waals surface area contributed by atoms with Crippen molar-refractivity contribution < 1.29 is 0 Å². The lowest BCUT2D eigenvalue weighted by Crippen LogP contribution is -2.21. The largest absolute Gasteiger partial charge is 0.0590 e. The first-order valence-electron chi connectivity index (χ1n) is 26.1. The van der Waals surface area contributed by atoms with Crippen LogP contribution in [0.25, 0.3) is 44.5 Å². The zero-order valence-electron chi connectivity index (χ0n) is 42.7. The van der Waals surface area contributed by atoms with E-state index in [1.54, 1.807) is 0 Å². The van der Waals surface area contributed by atoms with Gasteiger partial charge in [0.25, 0.3) is 0 Å². The lowest BCUT2D eigenvalue weighted by molar-refractivity contribution is 0.311. The van der Waals surface area contributed by atoms with Crippen molar-refractivity contribution in [3.8, 4) is 44.5 Å². The third-order valence-corrected chi connectivity index (χ3v) is 19.2. The maximum Gasteiger partial charge on any atom is 0.0178 e. The molecule has 12 rings (SSSR count). The summed E-state index contributed by atoms with van der Waals surface area (Å²) in [6, 6.07) is 57.8. The smallest absolute Gasteiger partial charge is 0.0178 e. The molecule has 4 aliphatic rings. The summed E-state index contributed by atoms with van der Waals surface area (Å²) in [6.07, 6.45) is 4.30. The van der Waals surface area contributed by atoms with Crippen molar-refractivity contribution in [2.24, 2.45) is 11.8 Å². The van der Waals surface area contributed by atoms with Gasteiger partial charge in [0, 0.05) is 41.6 Å². The van der Waals surface area contributed by atoms with Gasteiger partial charge in [0.2, 0.25) is 0 Å². The van der Waals surface area contributed by atoms with E-state index in [4.69, 9.17) is 0 Å². The molecule has 0 aliphatic heterocycles. The van der Waals surface area contributed by atoms with Gasteiger partial charge in [0.1, 0.15) is 0 Å². The van der Waals surface area contributed by atoms with E-state index >= 15 is 0 Å². The van der Waals surface area contributed by atoms with Crippen molar-refractivity contribution in [2.75, 3.05) is 0 Å². The number of hydrogen-bond acceptors (Lipinski definition) is 0. The molecule has 0 bridgehead atoms. The molecule has 0 saturated carbocycles. The summed E-state index contributed by atoms with van der Waals surface area (Å²) in [7, 11) is 0. The number of aryl methyl sites for hydroxylation is 2. The van der Waals surface area contributed by atoms with Crippen molar-refractivity contribution >= 4 is 63.7 Å². The molecule has 2 atom stereocenters. The SMILES string of the molecule is Cc1ccc2c(c1)-c1cc(C)ccc1C2CC(CCC(CC1c2ccc(C(C)(C)C)cc2-c2cc(C(C)(C)C)ccc21)C1c2cc(Br)ccc2-c2ccc(Br)cc21)C1c2cc(Br)ccc2-c2ccc(Br)cc21. The molecular formula is C68H62Br4. The lowest BCUT2D eigenvalue weighted by atomic mass is 9.70. The zero-order chi connectivity index (χ0) is 50.1. The molecule has 4 heteroatoms. The summed E-state index contributed by atoms with van der Waals surface area (Å²) in [5, 5.41) is 0. The third kappa shape index (κ3) is 8.42. The standard InChI is InChI=1S/C68H62Br4/c1-37-9-19-51-55(27-37)56-28-38(2)10-20-52(56)57(51)29-39(65-61-33-43(69)15-23-47(61)48-24-16-44(70)34-62(48)65)11-12-40(66-63-35-45(71)17-25-49(63)50-26-18-46(72)36-64(50)66)30-58-53-21-13-41(67(3,4)5)31-59(53)60-32-42(68(6,7)8)14-22-54(58)60/h9-10,13-28,31-36,39-40,57-58,65-66H,11-12,29-30H2,1-8H3. The highest BCUT2D eigenvalue weighted by atomic mass is 79.9. The molecule has 2 unspecified atom stereocenters.